The molecule has 1 aliphatic carbocycles. The van der Waals surface area contributed by atoms with Gasteiger partial charge in [0, 0.05) is 18.1 Å². The third-order valence-corrected chi connectivity index (χ3v) is 4.53. The van der Waals surface area contributed by atoms with E-state index in [0.29, 0.717) is 6.04 Å². The van der Waals surface area contributed by atoms with E-state index in [1.807, 2.05) is 7.05 Å². The minimum atomic E-state index is -0.0672. The lowest BCUT2D eigenvalue weighted by atomic mass is 9.91. The third-order valence-electron chi connectivity index (χ3n) is 4.53. The van der Waals surface area contributed by atoms with Gasteiger partial charge in [0.2, 0.25) is 0 Å². The minimum Gasteiger partial charge on any atom is -0.394 e. The predicted octanol–water partition coefficient (Wildman–Crippen LogP) is 2.25. The molecule has 0 saturated heterocycles. The monoisotopic (exact) mass is 256 g/mol. The second-order valence-electron chi connectivity index (χ2n) is 6.18. The van der Waals surface area contributed by atoms with Crippen molar-refractivity contribution in [3.63, 3.8) is 0 Å². The topological polar surface area (TPSA) is 35.5 Å². The summed E-state index contributed by atoms with van der Waals surface area (Å²) in [7, 11) is 1.96. The van der Waals surface area contributed by atoms with Crippen LogP contribution in [-0.4, -0.2) is 48.3 Å². The van der Waals surface area contributed by atoms with Gasteiger partial charge < -0.3 is 15.3 Å². The highest BCUT2D eigenvalue weighted by atomic mass is 16.3. The van der Waals surface area contributed by atoms with E-state index in [0.717, 1.165) is 25.3 Å². The predicted molar refractivity (Wildman–Crippen MR) is 77.8 cm³/mol. The summed E-state index contributed by atoms with van der Waals surface area (Å²) in [5.41, 5.74) is -0.0672. The third kappa shape index (κ3) is 4.87. The molecule has 18 heavy (non-hydrogen) atoms. The molecule has 0 aromatic heterocycles. The molecule has 1 unspecified atom stereocenters. The zero-order valence-corrected chi connectivity index (χ0v) is 12.7. The normalized spacial score (nSPS) is 19.5. The lowest BCUT2D eigenvalue weighted by molar-refractivity contribution is 0.140. The number of likely N-dealkylation sites (N-methyl/N-ethyl adjacent to an activating group) is 1. The van der Waals surface area contributed by atoms with Gasteiger partial charge in [-0.05, 0) is 65.5 Å². The fourth-order valence-corrected chi connectivity index (χ4v) is 2.56. The van der Waals surface area contributed by atoms with E-state index in [9.17, 15) is 5.11 Å². The lowest BCUT2D eigenvalue weighted by Gasteiger charge is -2.32. The molecular formula is C15H32N2O. The van der Waals surface area contributed by atoms with Gasteiger partial charge in [-0.25, -0.2) is 0 Å². The Morgan fingerprint density at radius 1 is 1.39 bits per heavy atom. The number of hydrogen-bond donors (Lipinski definition) is 2. The van der Waals surface area contributed by atoms with Crippen LogP contribution in [0, 0.1) is 5.92 Å². The average Bonchev–Trinajstić information content (AvgIpc) is 3.17. The van der Waals surface area contributed by atoms with Crippen LogP contribution in [0.2, 0.25) is 0 Å². The van der Waals surface area contributed by atoms with Crippen molar-refractivity contribution in [1.29, 1.82) is 0 Å². The summed E-state index contributed by atoms with van der Waals surface area (Å²) in [6, 6.07) is 0.644. The van der Waals surface area contributed by atoms with Gasteiger partial charge in [0.1, 0.15) is 0 Å². The van der Waals surface area contributed by atoms with Crippen LogP contribution >= 0.6 is 0 Å². The van der Waals surface area contributed by atoms with Crippen LogP contribution in [0.3, 0.4) is 0 Å². The first-order valence-corrected chi connectivity index (χ1v) is 7.60. The molecule has 3 nitrogen and oxygen atoms in total. The van der Waals surface area contributed by atoms with Crippen LogP contribution in [-0.2, 0) is 0 Å². The molecule has 0 amide bonds. The van der Waals surface area contributed by atoms with Gasteiger partial charge in [-0.3, -0.25) is 0 Å². The van der Waals surface area contributed by atoms with Gasteiger partial charge in [0.15, 0.2) is 0 Å². The summed E-state index contributed by atoms with van der Waals surface area (Å²) >= 11 is 0. The molecule has 1 aliphatic rings. The van der Waals surface area contributed by atoms with Crippen molar-refractivity contribution in [2.24, 2.45) is 5.92 Å². The van der Waals surface area contributed by atoms with Gasteiger partial charge in [-0.2, -0.15) is 0 Å². The van der Waals surface area contributed by atoms with Gasteiger partial charge in [0.05, 0.1) is 6.61 Å². The van der Waals surface area contributed by atoms with Crippen molar-refractivity contribution in [3.05, 3.63) is 0 Å². The molecule has 1 atom stereocenters. The Bertz CT molecular complexity index is 214. The Morgan fingerprint density at radius 3 is 2.44 bits per heavy atom. The zero-order valence-electron chi connectivity index (χ0n) is 12.7. The smallest absolute Gasteiger partial charge is 0.0613 e. The molecule has 0 radical (unpaired) electrons. The SMILES string of the molecule is CCC(CO)(CCCN(CC1CC1)C(C)C)NC. The largest absolute Gasteiger partial charge is 0.394 e. The van der Waals surface area contributed by atoms with Gasteiger partial charge in [-0.15, -0.1) is 0 Å². The first-order valence-electron chi connectivity index (χ1n) is 7.60. The molecule has 3 heteroatoms. The number of hydrogen-bond acceptors (Lipinski definition) is 3. The minimum absolute atomic E-state index is 0.0672. The molecule has 2 N–H and O–H groups in total. The molecule has 0 spiro atoms. The summed E-state index contributed by atoms with van der Waals surface area (Å²) < 4.78 is 0. The van der Waals surface area contributed by atoms with E-state index >= 15 is 0 Å². The first-order chi connectivity index (χ1) is 8.56. The Kier molecular flexibility index (Phi) is 6.61. The summed E-state index contributed by atoms with van der Waals surface area (Å²) in [6.45, 7) is 9.41. The quantitative estimate of drug-likeness (QED) is 0.629. The highest BCUT2D eigenvalue weighted by Crippen LogP contribution is 2.30. The number of nitrogens with zero attached hydrogens (tertiary/aromatic N) is 1. The van der Waals surface area contributed by atoms with Crippen molar-refractivity contribution >= 4 is 0 Å². The van der Waals surface area contributed by atoms with E-state index in [1.54, 1.807) is 0 Å². The average molecular weight is 256 g/mol. The van der Waals surface area contributed by atoms with Crippen LogP contribution in [0.25, 0.3) is 0 Å². The van der Waals surface area contributed by atoms with Crippen LogP contribution in [0.1, 0.15) is 52.9 Å². The highest BCUT2D eigenvalue weighted by molar-refractivity contribution is 4.85. The first kappa shape index (κ1) is 15.9. The maximum absolute atomic E-state index is 9.53. The van der Waals surface area contributed by atoms with E-state index in [-0.39, 0.29) is 12.1 Å². The second kappa shape index (κ2) is 7.46. The maximum Gasteiger partial charge on any atom is 0.0613 e. The summed E-state index contributed by atoms with van der Waals surface area (Å²) in [6.07, 6.45) is 6.07. The lowest BCUT2D eigenvalue weighted by Crippen LogP contribution is -2.46. The molecule has 1 rings (SSSR count). The molecule has 108 valence electrons. The van der Waals surface area contributed by atoms with Crippen molar-refractivity contribution in [2.75, 3.05) is 26.7 Å². The van der Waals surface area contributed by atoms with E-state index < -0.39 is 0 Å². The fraction of sp³-hybridized carbons (Fsp3) is 1.00. The fourth-order valence-electron chi connectivity index (χ4n) is 2.56. The number of nitrogens with one attached hydrogen (secondary N) is 1. The molecule has 0 aromatic rings. The molecule has 0 aliphatic heterocycles. The van der Waals surface area contributed by atoms with Crippen LogP contribution < -0.4 is 5.32 Å². The Hall–Kier alpha value is -0.120. The summed E-state index contributed by atoms with van der Waals surface area (Å²) in [4.78, 5) is 2.60. The van der Waals surface area contributed by atoms with Crippen LogP contribution in [0.4, 0.5) is 0 Å². The molecule has 1 fully saturated rings. The second-order valence-corrected chi connectivity index (χ2v) is 6.18. The molecular weight excluding hydrogens is 224 g/mol. The van der Waals surface area contributed by atoms with Gasteiger partial charge in [-0.1, -0.05) is 6.92 Å². The highest BCUT2D eigenvalue weighted by Gasteiger charge is 2.27. The summed E-state index contributed by atoms with van der Waals surface area (Å²) in [5, 5.41) is 12.8. The standard InChI is InChI=1S/C15H32N2O/c1-5-15(12-18,16-4)9-6-10-17(13(2)3)11-14-7-8-14/h13-14,16,18H,5-12H2,1-4H3. The maximum atomic E-state index is 9.53. The number of aliphatic hydroxyl groups excluding tert-OH is 1. The molecule has 1 saturated carbocycles. The van der Waals surface area contributed by atoms with Crippen molar-refractivity contribution in [2.45, 2.75) is 64.5 Å². The summed E-state index contributed by atoms with van der Waals surface area (Å²) in [5.74, 6) is 0.963. The van der Waals surface area contributed by atoms with Crippen molar-refractivity contribution < 1.29 is 5.11 Å². The van der Waals surface area contributed by atoms with E-state index in [1.165, 1.54) is 25.8 Å². The Morgan fingerprint density at radius 2 is 2.06 bits per heavy atom. The molecule has 0 heterocycles. The number of aliphatic hydroxyl groups is 1. The Balaban J connectivity index is 2.32. The van der Waals surface area contributed by atoms with Crippen molar-refractivity contribution in [1.82, 2.24) is 10.2 Å². The van der Waals surface area contributed by atoms with Crippen LogP contribution in [0.5, 0.6) is 0 Å². The van der Waals surface area contributed by atoms with E-state index in [2.05, 4.69) is 31.0 Å². The van der Waals surface area contributed by atoms with Gasteiger partial charge in [0.25, 0.3) is 0 Å². The molecule has 0 bridgehead atoms. The van der Waals surface area contributed by atoms with E-state index in [4.69, 9.17) is 0 Å². The van der Waals surface area contributed by atoms with Crippen molar-refractivity contribution in [3.8, 4) is 0 Å². The van der Waals surface area contributed by atoms with Crippen LogP contribution in [0.15, 0.2) is 0 Å². The zero-order chi connectivity index (χ0) is 13.6. The molecule has 0 aromatic carbocycles. The Labute approximate surface area is 113 Å². The number of rotatable bonds is 10. The van der Waals surface area contributed by atoms with Gasteiger partial charge >= 0.3 is 0 Å².